The molecule has 1 atom stereocenters. The number of nitrogen functional groups attached to an aromatic ring is 1. The molecule has 4 aromatic rings. The van der Waals surface area contributed by atoms with Crippen molar-refractivity contribution in [3.8, 4) is 17.5 Å². The molecule has 0 amide bonds. The van der Waals surface area contributed by atoms with Gasteiger partial charge >= 0.3 is 0 Å². The lowest BCUT2D eigenvalue weighted by Gasteiger charge is -2.16. The van der Waals surface area contributed by atoms with Crippen molar-refractivity contribution in [3.63, 3.8) is 0 Å². The molecule has 1 unspecified atom stereocenters. The molecule has 0 bridgehead atoms. The molecule has 4 rings (SSSR count). The van der Waals surface area contributed by atoms with Gasteiger partial charge < -0.3 is 15.5 Å². The van der Waals surface area contributed by atoms with Gasteiger partial charge in [-0.2, -0.15) is 5.26 Å². The van der Waals surface area contributed by atoms with Crippen LogP contribution >= 0.6 is 0 Å². The van der Waals surface area contributed by atoms with Crippen LogP contribution in [0.3, 0.4) is 0 Å². The van der Waals surface area contributed by atoms with Crippen molar-refractivity contribution >= 4 is 17.3 Å². The number of nitrogens with two attached hydrogens (primary N) is 1. The molecule has 0 saturated heterocycles. The highest BCUT2D eigenvalue weighted by atomic mass is 19.1. The fourth-order valence-corrected chi connectivity index (χ4v) is 2.94. The topological polar surface area (TPSA) is 163 Å². The van der Waals surface area contributed by atoms with E-state index in [4.69, 9.17) is 20.8 Å². The summed E-state index contributed by atoms with van der Waals surface area (Å²) in [5, 5.41) is 28.6. The van der Waals surface area contributed by atoms with Gasteiger partial charge in [0.1, 0.15) is 41.6 Å². The zero-order valence-corrected chi connectivity index (χ0v) is 16.7. The fraction of sp³-hybridized carbons (Fsp3) is 0.0952. The van der Waals surface area contributed by atoms with E-state index < -0.39 is 11.9 Å². The van der Waals surface area contributed by atoms with Crippen LogP contribution in [0.2, 0.25) is 0 Å². The number of pyridine rings is 1. The maximum Gasteiger partial charge on any atom is 0.250 e. The number of aromatic nitrogens is 5. The minimum Gasteiger partial charge on any atom is -0.418 e. The lowest BCUT2D eigenvalue weighted by Crippen LogP contribution is -2.17. The Bertz CT molecular complexity index is 1350. The van der Waals surface area contributed by atoms with E-state index in [0.717, 1.165) is 0 Å². The lowest BCUT2D eigenvalue weighted by molar-refractivity contribution is 0.481. The number of hydrogen-bond acceptors (Lipinski definition) is 10. The zero-order valence-electron chi connectivity index (χ0n) is 16.7. The predicted octanol–water partition coefficient (Wildman–Crippen LogP) is 3.10. The molecule has 0 aliphatic rings. The Balaban J connectivity index is 1.63. The van der Waals surface area contributed by atoms with Crippen molar-refractivity contribution in [1.82, 2.24) is 25.1 Å². The minimum absolute atomic E-state index is 0.0411. The van der Waals surface area contributed by atoms with E-state index in [0.29, 0.717) is 0 Å². The van der Waals surface area contributed by atoms with Crippen LogP contribution in [0, 0.1) is 22.6 Å². The van der Waals surface area contributed by atoms with Crippen molar-refractivity contribution in [2.75, 3.05) is 11.1 Å². The van der Waals surface area contributed by atoms with E-state index in [-0.39, 0.29) is 51.6 Å². The molecular formula is C21H16FN9O. The number of anilines is 2. The summed E-state index contributed by atoms with van der Waals surface area (Å²) in [6.07, 6.45) is 1.25. The molecule has 0 aliphatic carbocycles. The summed E-state index contributed by atoms with van der Waals surface area (Å²) in [4.78, 5) is 12.3. The lowest BCUT2D eigenvalue weighted by atomic mass is 10.1. The molecule has 3 aromatic heterocycles. The quantitative estimate of drug-likeness (QED) is 0.391. The maximum atomic E-state index is 14.0. The average Bonchev–Trinajstić information content (AvgIpc) is 3.29. The van der Waals surface area contributed by atoms with Gasteiger partial charge in [0.25, 0.3) is 5.89 Å². The minimum atomic E-state index is -0.553. The zero-order chi connectivity index (χ0) is 22.7. The normalized spacial score (nSPS) is 11.5. The van der Waals surface area contributed by atoms with Gasteiger partial charge in [-0.05, 0) is 31.2 Å². The number of rotatable bonds is 6. The molecule has 0 spiro atoms. The Labute approximate surface area is 181 Å². The molecule has 4 N–H and O–H groups in total. The van der Waals surface area contributed by atoms with Crippen LogP contribution in [-0.2, 0) is 0 Å². The van der Waals surface area contributed by atoms with Crippen molar-refractivity contribution in [2.45, 2.75) is 13.0 Å². The smallest absolute Gasteiger partial charge is 0.250 e. The summed E-state index contributed by atoms with van der Waals surface area (Å²) < 4.78 is 19.6. The first-order chi connectivity index (χ1) is 15.5. The average molecular weight is 429 g/mol. The Morgan fingerprint density at radius 3 is 2.78 bits per heavy atom. The third-order valence-electron chi connectivity index (χ3n) is 4.51. The van der Waals surface area contributed by atoms with Crippen LogP contribution in [0.4, 0.5) is 16.0 Å². The van der Waals surface area contributed by atoms with Crippen LogP contribution in [-0.4, -0.2) is 30.9 Å². The van der Waals surface area contributed by atoms with E-state index in [1.807, 2.05) is 6.07 Å². The largest absolute Gasteiger partial charge is 0.418 e. The highest BCUT2D eigenvalue weighted by molar-refractivity contribution is 6.15. The molecule has 1 aromatic carbocycles. The second-order valence-electron chi connectivity index (χ2n) is 6.67. The van der Waals surface area contributed by atoms with Crippen LogP contribution in [0.15, 0.2) is 53.2 Å². The molecule has 0 aliphatic heterocycles. The molecular weight excluding hydrogens is 413 g/mol. The maximum absolute atomic E-state index is 14.0. The van der Waals surface area contributed by atoms with Gasteiger partial charge in [-0.15, -0.1) is 10.2 Å². The molecule has 158 valence electrons. The van der Waals surface area contributed by atoms with Crippen LogP contribution in [0.25, 0.3) is 11.5 Å². The molecule has 0 fully saturated rings. The molecule has 10 nitrogen and oxygen atoms in total. The third kappa shape index (κ3) is 3.97. The Hall–Kier alpha value is -4.72. The van der Waals surface area contributed by atoms with Crippen LogP contribution in [0.5, 0.6) is 0 Å². The summed E-state index contributed by atoms with van der Waals surface area (Å²) in [5.74, 6) is 0.0444. The second-order valence-corrected chi connectivity index (χ2v) is 6.67. The molecule has 0 saturated carbocycles. The Morgan fingerprint density at radius 1 is 1.19 bits per heavy atom. The predicted molar refractivity (Wildman–Crippen MR) is 113 cm³/mol. The summed E-state index contributed by atoms with van der Waals surface area (Å²) in [6.45, 7) is 1.74. The van der Waals surface area contributed by atoms with E-state index in [2.05, 4.69) is 30.5 Å². The molecule has 0 radical (unpaired) electrons. The standard InChI is InChI=1S/C21H16FN9O/c1-11(20-30-31-21(32-20)13-6-2-3-7-14(13)22)28-19-16(18(25)26-10-27-19)17(24)15-8-4-5-12(9-23)29-15/h2-8,10-11,24H,1H3,(H3,25,26,27,28). The molecule has 11 heteroatoms. The fourth-order valence-electron chi connectivity index (χ4n) is 2.94. The van der Waals surface area contributed by atoms with E-state index in [1.165, 1.54) is 24.5 Å². The Morgan fingerprint density at radius 2 is 2.00 bits per heavy atom. The summed E-state index contributed by atoms with van der Waals surface area (Å²) in [5.41, 5.74) is 6.76. The number of nitrogens with one attached hydrogen (secondary N) is 2. The van der Waals surface area contributed by atoms with Crippen LogP contribution in [0.1, 0.15) is 35.8 Å². The Kier molecular flexibility index (Phi) is 5.50. The van der Waals surface area contributed by atoms with Crippen molar-refractivity contribution in [3.05, 3.63) is 77.5 Å². The van der Waals surface area contributed by atoms with Gasteiger partial charge in [0.2, 0.25) is 5.89 Å². The van der Waals surface area contributed by atoms with E-state index >= 15 is 0 Å². The summed E-state index contributed by atoms with van der Waals surface area (Å²) >= 11 is 0. The van der Waals surface area contributed by atoms with Gasteiger partial charge in [-0.25, -0.2) is 19.3 Å². The van der Waals surface area contributed by atoms with Gasteiger partial charge in [0.05, 0.1) is 22.5 Å². The first-order valence-electron chi connectivity index (χ1n) is 9.39. The first kappa shape index (κ1) is 20.5. The summed E-state index contributed by atoms with van der Waals surface area (Å²) in [6, 6.07) is 12.2. The van der Waals surface area contributed by atoms with Crippen molar-refractivity contribution in [2.24, 2.45) is 0 Å². The van der Waals surface area contributed by atoms with Crippen LogP contribution < -0.4 is 11.1 Å². The molecule has 32 heavy (non-hydrogen) atoms. The SMILES string of the molecule is CC(Nc1ncnc(N)c1C(=N)c1cccc(C#N)n1)c1nnc(-c2ccccc2F)o1. The monoisotopic (exact) mass is 429 g/mol. The third-order valence-corrected chi connectivity index (χ3v) is 4.51. The van der Waals surface area contributed by atoms with Gasteiger partial charge in [0.15, 0.2) is 0 Å². The van der Waals surface area contributed by atoms with Gasteiger partial charge in [0, 0.05) is 0 Å². The molecule has 3 heterocycles. The van der Waals surface area contributed by atoms with E-state index in [9.17, 15) is 4.39 Å². The highest BCUT2D eigenvalue weighted by Crippen LogP contribution is 2.27. The number of nitriles is 1. The number of benzene rings is 1. The second kappa shape index (κ2) is 8.57. The summed E-state index contributed by atoms with van der Waals surface area (Å²) in [7, 11) is 0. The van der Waals surface area contributed by atoms with Crippen molar-refractivity contribution in [1.29, 1.82) is 10.7 Å². The van der Waals surface area contributed by atoms with Gasteiger partial charge in [-0.1, -0.05) is 18.2 Å². The van der Waals surface area contributed by atoms with Crippen molar-refractivity contribution < 1.29 is 8.81 Å². The highest BCUT2D eigenvalue weighted by Gasteiger charge is 2.22. The van der Waals surface area contributed by atoms with Gasteiger partial charge in [-0.3, -0.25) is 5.41 Å². The van der Waals surface area contributed by atoms with E-state index in [1.54, 1.807) is 31.2 Å². The number of halogens is 1. The first-order valence-corrected chi connectivity index (χ1v) is 9.39. The number of nitrogens with zero attached hydrogens (tertiary/aromatic N) is 6. The number of hydrogen-bond donors (Lipinski definition) is 3.